The van der Waals surface area contributed by atoms with Crippen molar-refractivity contribution in [1.29, 1.82) is 0 Å². The van der Waals surface area contributed by atoms with Gasteiger partial charge in [-0.05, 0) is 38.5 Å². The molecule has 0 atom stereocenters. The molecule has 0 aliphatic heterocycles. The van der Waals surface area contributed by atoms with Gasteiger partial charge >= 0.3 is 0 Å². The molecule has 0 radical (unpaired) electrons. The van der Waals surface area contributed by atoms with E-state index >= 15 is 0 Å². The number of benzene rings is 1. The molecule has 1 aromatic carbocycles. The fourth-order valence-corrected chi connectivity index (χ4v) is 1.82. The predicted octanol–water partition coefficient (Wildman–Crippen LogP) is 3.57. The van der Waals surface area contributed by atoms with Gasteiger partial charge in [-0.25, -0.2) is 4.39 Å². The number of furan rings is 1. The van der Waals surface area contributed by atoms with Gasteiger partial charge in [0.05, 0.1) is 11.1 Å². The second-order valence-corrected chi connectivity index (χ2v) is 4.09. The molecule has 3 heteroatoms. The minimum atomic E-state index is -0.462. The van der Waals surface area contributed by atoms with E-state index in [1.807, 2.05) is 0 Å². The van der Waals surface area contributed by atoms with E-state index in [1.54, 1.807) is 39.0 Å². The summed E-state index contributed by atoms with van der Waals surface area (Å²) in [7, 11) is 0. The Morgan fingerprint density at radius 1 is 1.18 bits per heavy atom. The molecular formula is C14H13FO2. The molecule has 88 valence electrons. The van der Waals surface area contributed by atoms with Crippen molar-refractivity contribution >= 4 is 5.78 Å². The van der Waals surface area contributed by atoms with Crippen molar-refractivity contribution in [2.75, 3.05) is 0 Å². The molecule has 0 aliphatic carbocycles. The first-order valence-electron chi connectivity index (χ1n) is 5.37. The first kappa shape index (κ1) is 11.6. The maximum atomic E-state index is 13.8. The normalized spacial score (nSPS) is 10.6. The number of carbonyl (C=O) groups is 1. The van der Waals surface area contributed by atoms with Crippen LogP contribution in [0.15, 0.2) is 28.7 Å². The van der Waals surface area contributed by atoms with Crippen LogP contribution in [0.5, 0.6) is 0 Å². The lowest BCUT2D eigenvalue weighted by atomic mass is 10.0. The molecule has 0 aliphatic rings. The summed E-state index contributed by atoms with van der Waals surface area (Å²) in [5.41, 5.74) is 0.981. The highest BCUT2D eigenvalue weighted by Crippen LogP contribution is 2.21. The Morgan fingerprint density at radius 2 is 1.88 bits per heavy atom. The molecule has 0 unspecified atom stereocenters. The maximum Gasteiger partial charge on any atom is 0.199 e. The summed E-state index contributed by atoms with van der Waals surface area (Å²) in [6.45, 7) is 5.10. The van der Waals surface area contributed by atoms with Crippen LogP contribution < -0.4 is 0 Å². The molecule has 1 aromatic heterocycles. The van der Waals surface area contributed by atoms with Crippen LogP contribution in [0.3, 0.4) is 0 Å². The highest BCUT2D eigenvalue weighted by molar-refractivity contribution is 6.09. The van der Waals surface area contributed by atoms with E-state index < -0.39 is 5.82 Å². The smallest absolute Gasteiger partial charge is 0.199 e. The number of carbonyl (C=O) groups excluding carboxylic acids is 1. The summed E-state index contributed by atoms with van der Waals surface area (Å²) >= 11 is 0. The topological polar surface area (TPSA) is 30.2 Å². The fourth-order valence-electron chi connectivity index (χ4n) is 1.82. The third-order valence-electron chi connectivity index (χ3n) is 2.72. The zero-order valence-corrected chi connectivity index (χ0v) is 10.0. The van der Waals surface area contributed by atoms with Gasteiger partial charge in [0, 0.05) is 0 Å². The average molecular weight is 232 g/mol. The van der Waals surface area contributed by atoms with Crippen LogP contribution in [0.25, 0.3) is 0 Å². The van der Waals surface area contributed by atoms with Crippen LogP contribution in [0.4, 0.5) is 4.39 Å². The van der Waals surface area contributed by atoms with Crippen molar-refractivity contribution in [1.82, 2.24) is 0 Å². The first-order valence-corrected chi connectivity index (χ1v) is 5.37. The van der Waals surface area contributed by atoms with Crippen LogP contribution in [-0.2, 0) is 0 Å². The van der Waals surface area contributed by atoms with Crippen LogP contribution in [-0.4, -0.2) is 5.78 Å². The number of ketones is 1. The second kappa shape index (κ2) is 4.17. The predicted molar refractivity (Wildman–Crippen MR) is 62.8 cm³/mol. The standard InChI is InChI=1S/C14H13FO2/c1-8-5-4-6-11(13(8)15)14(16)12-7-9(2)17-10(12)3/h4-7H,1-3H3. The van der Waals surface area contributed by atoms with Gasteiger partial charge < -0.3 is 4.42 Å². The van der Waals surface area contributed by atoms with Crippen molar-refractivity contribution in [2.45, 2.75) is 20.8 Å². The number of aryl methyl sites for hydroxylation is 3. The van der Waals surface area contributed by atoms with E-state index in [0.29, 0.717) is 22.6 Å². The van der Waals surface area contributed by atoms with Gasteiger partial charge in [0.1, 0.15) is 17.3 Å². The molecule has 0 N–H and O–H groups in total. The van der Waals surface area contributed by atoms with E-state index in [2.05, 4.69) is 0 Å². The minimum Gasteiger partial charge on any atom is -0.466 e. The quantitative estimate of drug-likeness (QED) is 0.741. The highest BCUT2D eigenvalue weighted by Gasteiger charge is 2.19. The highest BCUT2D eigenvalue weighted by atomic mass is 19.1. The molecule has 0 bridgehead atoms. The monoisotopic (exact) mass is 232 g/mol. The van der Waals surface area contributed by atoms with Gasteiger partial charge in [-0.2, -0.15) is 0 Å². The van der Waals surface area contributed by atoms with E-state index in [0.717, 1.165) is 0 Å². The number of halogens is 1. The molecule has 2 aromatic rings. The van der Waals surface area contributed by atoms with Gasteiger partial charge in [0.15, 0.2) is 5.78 Å². The first-order chi connectivity index (χ1) is 8.00. The Kier molecular flexibility index (Phi) is 2.84. The van der Waals surface area contributed by atoms with Gasteiger partial charge in [-0.15, -0.1) is 0 Å². The maximum absolute atomic E-state index is 13.8. The molecule has 0 fully saturated rings. The molecule has 0 spiro atoms. The van der Waals surface area contributed by atoms with Gasteiger partial charge in [0.2, 0.25) is 0 Å². The van der Waals surface area contributed by atoms with E-state index in [-0.39, 0.29) is 11.3 Å². The summed E-state index contributed by atoms with van der Waals surface area (Å²) in [5.74, 6) is 0.378. The molecule has 2 rings (SSSR count). The third kappa shape index (κ3) is 2.00. The second-order valence-electron chi connectivity index (χ2n) is 4.09. The Bertz CT molecular complexity index is 582. The zero-order chi connectivity index (χ0) is 12.6. The van der Waals surface area contributed by atoms with E-state index in [4.69, 9.17) is 4.42 Å². The fraction of sp³-hybridized carbons (Fsp3) is 0.214. The van der Waals surface area contributed by atoms with Crippen LogP contribution in [0.1, 0.15) is 33.0 Å². The molecule has 0 saturated heterocycles. The number of hydrogen-bond acceptors (Lipinski definition) is 2. The molecule has 0 amide bonds. The van der Waals surface area contributed by atoms with E-state index in [9.17, 15) is 9.18 Å². The van der Waals surface area contributed by atoms with Crippen molar-refractivity contribution in [2.24, 2.45) is 0 Å². The SMILES string of the molecule is Cc1cc(C(=O)c2cccc(C)c2F)c(C)o1. The summed E-state index contributed by atoms with van der Waals surface area (Å²) in [6.07, 6.45) is 0. The van der Waals surface area contributed by atoms with Gasteiger partial charge in [-0.1, -0.05) is 12.1 Å². The molecule has 1 heterocycles. The summed E-state index contributed by atoms with van der Waals surface area (Å²) in [6, 6.07) is 6.44. The van der Waals surface area contributed by atoms with Crippen molar-refractivity contribution < 1.29 is 13.6 Å². The minimum absolute atomic E-state index is 0.0916. The summed E-state index contributed by atoms with van der Waals surface area (Å²) in [4.78, 5) is 12.2. The molecule has 0 saturated carbocycles. The van der Waals surface area contributed by atoms with Gasteiger partial charge in [0.25, 0.3) is 0 Å². The Labute approximate surface area is 99.1 Å². The largest absolute Gasteiger partial charge is 0.466 e. The van der Waals surface area contributed by atoms with E-state index in [1.165, 1.54) is 6.07 Å². The van der Waals surface area contributed by atoms with Crippen LogP contribution in [0, 0.1) is 26.6 Å². The Morgan fingerprint density at radius 3 is 2.47 bits per heavy atom. The summed E-state index contributed by atoms with van der Waals surface area (Å²) in [5, 5.41) is 0. The van der Waals surface area contributed by atoms with Crippen molar-refractivity contribution in [3.63, 3.8) is 0 Å². The Hall–Kier alpha value is -1.90. The molecular weight excluding hydrogens is 219 g/mol. The van der Waals surface area contributed by atoms with Crippen LogP contribution >= 0.6 is 0 Å². The van der Waals surface area contributed by atoms with Crippen molar-refractivity contribution in [3.05, 3.63) is 58.3 Å². The molecule has 17 heavy (non-hydrogen) atoms. The lowest BCUT2D eigenvalue weighted by molar-refractivity contribution is 0.103. The zero-order valence-electron chi connectivity index (χ0n) is 10.0. The molecule has 2 nitrogen and oxygen atoms in total. The number of rotatable bonds is 2. The summed E-state index contributed by atoms with van der Waals surface area (Å²) < 4.78 is 19.1. The average Bonchev–Trinajstić information content (AvgIpc) is 2.61. The number of hydrogen-bond donors (Lipinski definition) is 0. The van der Waals surface area contributed by atoms with Crippen LogP contribution in [0.2, 0.25) is 0 Å². The lowest BCUT2D eigenvalue weighted by Gasteiger charge is -2.03. The van der Waals surface area contributed by atoms with Crippen molar-refractivity contribution in [3.8, 4) is 0 Å². The Balaban J connectivity index is 2.51. The third-order valence-corrected chi connectivity index (χ3v) is 2.72. The lowest BCUT2D eigenvalue weighted by Crippen LogP contribution is -2.05. The van der Waals surface area contributed by atoms with Gasteiger partial charge in [-0.3, -0.25) is 4.79 Å².